The van der Waals surface area contributed by atoms with Gasteiger partial charge in [-0.2, -0.15) is 0 Å². The van der Waals surface area contributed by atoms with Gasteiger partial charge in [-0.15, -0.1) is 0 Å². The Kier molecular flexibility index (Phi) is 8.61. The molecule has 142 valence electrons. The smallest absolute Gasteiger partial charge is 0.0715 e. The molecule has 2 saturated carbocycles. The first-order valence-electron chi connectivity index (χ1n) is 11.3. The summed E-state index contributed by atoms with van der Waals surface area (Å²) in [5, 5.41) is 0. The van der Waals surface area contributed by atoms with E-state index in [-0.39, 0.29) is 0 Å². The van der Waals surface area contributed by atoms with Crippen LogP contribution in [-0.2, 0) is 4.74 Å². The van der Waals surface area contributed by atoms with Gasteiger partial charge in [-0.1, -0.05) is 85.5 Å². The van der Waals surface area contributed by atoms with E-state index in [2.05, 4.69) is 27.7 Å². The van der Waals surface area contributed by atoms with Crippen LogP contribution < -0.4 is 0 Å². The molecule has 2 fully saturated rings. The first-order valence-corrected chi connectivity index (χ1v) is 11.3. The summed E-state index contributed by atoms with van der Waals surface area (Å²) in [7, 11) is 0. The minimum Gasteiger partial charge on any atom is -0.374 e. The van der Waals surface area contributed by atoms with E-state index in [4.69, 9.17) is 4.74 Å². The van der Waals surface area contributed by atoms with Crippen molar-refractivity contribution < 1.29 is 4.74 Å². The third-order valence-corrected chi connectivity index (χ3v) is 6.94. The van der Waals surface area contributed by atoms with Crippen molar-refractivity contribution in [1.82, 2.24) is 0 Å². The molecule has 1 heteroatoms. The van der Waals surface area contributed by atoms with Crippen LogP contribution in [0.4, 0.5) is 0 Å². The van der Waals surface area contributed by atoms with Gasteiger partial charge in [-0.25, -0.2) is 0 Å². The van der Waals surface area contributed by atoms with Crippen LogP contribution in [-0.4, -0.2) is 12.2 Å². The largest absolute Gasteiger partial charge is 0.374 e. The Hall–Kier alpha value is -0.0400. The highest BCUT2D eigenvalue weighted by Crippen LogP contribution is 2.62. The van der Waals surface area contributed by atoms with Crippen molar-refractivity contribution >= 4 is 0 Å². The molecule has 5 unspecified atom stereocenters. The third-order valence-electron chi connectivity index (χ3n) is 6.94. The van der Waals surface area contributed by atoms with Crippen molar-refractivity contribution in [3.8, 4) is 0 Å². The van der Waals surface area contributed by atoms with Crippen molar-refractivity contribution in [2.45, 2.75) is 117 Å². The third kappa shape index (κ3) is 5.75. The lowest BCUT2D eigenvalue weighted by Crippen LogP contribution is -2.31. The Labute approximate surface area is 152 Å². The van der Waals surface area contributed by atoms with Crippen LogP contribution in [0.1, 0.15) is 111 Å². The maximum Gasteiger partial charge on any atom is 0.0715 e. The lowest BCUT2D eigenvalue weighted by Gasteiger charge is -2.33. The standard InChI is InChI=1S/C23H44O/c1-5-8-10-13-20(12-9-6-2)21(16-19(4)11-7-3)18-24-23-15-14-22(23)17-23/h19-22H,5-18H2,1-4H3. The molecule has 0 bridgehead atoms. The Morgan fingerprint density at radius 1 is 0.917 bits per heavy atom. The predicted molar refractivity (Wildman–Crippen MR) is 105 cm³/mol. The van der Waals surface area contributed by atoms with Crippen LogP contribution in [0.25, 0.3) is 0 Å². The van der Waals surface area contributed by atoms with Crippen LogP contribution >= 0.6 is 0 Å². The van der Waals surface area contributed by atoms with Gasteiger partial charge in [0.1, 0.15) is 0 Å². The second-order valence-corrected chi connectivity index (χ2v) is 9.10. The number of fused-ring (bicyclic) bond motifs is 1. The summed E-state index contributed by atoms with van der Waals surface area (Å²) in [6.45, 7) is 10.5. The van der Waals surface area contributed by atoms with Gasteiger partial charge in [0.25, 0.3) is 0 Å². The lowest BCUT2D eigenvalue weighted by molar-refractivity contribution is -0.0504. The van der Waals surface area contributed by atoms with Gasteiger partial charge in [0.15, 0.2) is 0 Å². The Bertz CT molecular complexity index is 335. The summed E-state index contributed by atoms with van der Waals surface area (Å²) in [6, 6.07) is 0. The van der Waals surface area contributed by atoms with Crippen LogP contribution in [0, 0.1) is 23.7 Å². The van der Waals surface area contributed by atoms with Gasteiger partial charge in [-0.05, 0) is 49.4 Å². The molecule has 0 N–H and O–H groups in total. The molecule has 0 aliphatic heterocycles. The average Bonchev–Trinajstić information content (AvgIpc) is 3.08. The van der Waals surface area contributed by atoms with E-state index in [0.29, 0.717) is 5.60 Å². The summed E-state index contributed by atoms with van der Waals surface area (Å²) in [6.07, 6.45) is 18.1. The van der Waals surface area contributed by atoms with Crippen LogP contribution in [0.15, 0.2) is 0 Å². The fourth-order valence-corrected chi connectivity index (χ4v) is 5.02. The molecular formula is C23H44O. The molecule has 0 heterocycles. The second-order valence-electron chi connectivity index (χ2n) is 9.10. The summed E-state index contributed by atoms with van der Waals surface area (Å²) in [5.41, 5.74) is 0.380. The molecule has 0 radical (unpaired) electrons. The first-order chi connectivity index (χ1) is 11.6. The quantitative estimate of drug-likeness (QED) is 0.283. The fraction of sp³-hybridized carbons (Fsp3) is 1.00. The molecule has 2 aliphatic rings. The number of ether oxygens (including phenoxy) is 1. The zero-order valence-corrected chi connectivity index (χ0v) is 17.1. The molecule has 5 atom stereocenters. The topological polar surface area (TPSA) is 9.23 Å². The summed E-state index contributed by atoms with van der Waals surface area (Å²) < 4.78 is 6.55. The van der Waals surface area contributed by atoms with E-state index in [1.165, 1.54) is 83.5 Å². The summed E-state index contributed by atoms with van der Waals surface area (Å²) >= 11 is 0. The highest BCUT2D eigenvalue weighted by Gasteiger charge is 2.62. The van der Waals surface area contributed by atoms with Gasteiger partial charge in [0.05, 0.1) is 12.2 Å². The lowest BCUT2D eigenvalue weighted by atomic mass is 9.78. The van der Waals surface area contributed by atoms with Crippen molar-refractivity contribution in [3.05, 3.63) is 0 Å². The zero-order chi connectivity index (χ0) is 17.4. The van der Waals surface area contributed by atoms with Gasteiger partial charge < -0.3 is 4.74 Å². The SMILES string of the molecule is CCCCCC(CCCC)C(COC12CCC1C2)CC(C)CCC. The van der Waals surface area contributed by atoms with E-state index in [9.17, 15) is 0 Å². The summed E-state index contributed by atoms with van der Waals surface area (Å²) in [5.74, 6) is 3.53. The number of hydrogen-bond acceptors (Lipinski definition) is 1. The molecule has 0 aromatic carbocycles. The van der Waals surface area contributed by atoms with E-state index in [0.717, 1.165) is 30.3 Å². The molecule has 0 saturated heterocycles. The second kappa shape index (κ2) is 10.2. The molecule has 0 aromatic rings. The van der Waals surface area contributed by atoms with Crippen LogP contribution in [0.2, 0.25) is 0 Å². The van der Waals surface area contributed by atoms with E-state index in [1.807, 2.05) is 0 Å². The molecule has 1 nitrogen and oxygen atoms in total. The summed E-state index contributed by atoms with van der Waals surface area (Å²) in [4.78, 5) is 0. The molecule has 24 heavy (non-hydrogen) atoms. The number of rotatable bonds is 15. The van der Waals surface area contributed by atoms with Gasteiger partial charge in [0.2, 0.25) is 0 Å². The maximum atomic E-state index is 6.55. The minimum absolute atomic E-state index is 0.380. The van der Waals surface area contributed by atoms with Gasteiger partial charge in [-0.3, -0.25) is 0 Å². The van der Waals surface area contributed by atoms with Crippen LogP contribution in [0.3, 0.4) is 0 Å². The molecule has 0 aromatic heterocycles. The van der Waals surface area contributed by atoms with Crippen molar-refractivity contribution in [1.29, 1.82) is 0 Å². The highest BCUT2D eigenvalue weighted by atomic mass is 16.5. The van der Waals surface area contributed by atoms with E-state index >= 15 is 0 Å². The van der Waals surface area contributed by atoms with Gasteiger partial charge >= 0.3 is 0 Å². The monoisotopic (exact) mass is 336 g/mol. The Morgan fingerprint density at radius 2 is 1.67 bits per heavy atom. The van der Waals surface area contributed by atoms with Crippen LogP contribution in [0.5, 0.6) is 0 Å². The molecular weight excluding hydrogens is 292 g/mol. The molecule has 2 rings (SSSR count). The van der Waals surface area contributed by atoms with E-state index < -0.39 is 0 Å². The first kappa shape index (κ1) is 20.3. The van der Waals surface area contributed by atoms with E-state index in [1.54, 1.807) is 0 Å². The zero-order valence-electron chi connectivity index (χ0n) is 17.1. The van der Waals surface area contributed by atoms with Crippen molar-refractivity contribution in [3.63, 3.8) is 0 Å². The highest BCUT2D eigenvalue weighted by molar-refractivity contribution is 5.13. The minimum atomic E-state index is 0.380. The Balaban J connectivity index is 1.89. The molecule has 2 aliphatic carbocycles. The number of hydrogen-bond donors (Lipinski definition) is 0. The Morgan fingerprint density at radius 3 is 2.21 bits per heavy atom. The normalized spacial score (nSPS) is 28.8. The molecule has 0 spiro atoms. The number of unbranched alkanes of at least 4 members (excludes halogenated alkanes) is 3. The average molecular weight is 337 g/mol. The maximum absolute atomic E-state index is 6.55. The van der Waals surface area contributed by atoms with Crippen molar-refractivity contribution in [2.24, 2.45) is 23.7 Å². The predicted octanol–water partition coefficient (Wildman–Crippen LogP) is 7.38. The van der Waals surface area contributed by atoms with Gasteiger partial charge in [0, 0.05) is 0 Å². The van der Waals surface area contributed by atoms with Crippen molar-refractivity contribution in [2.75, 3.05) is 6.61 Å². The fourth-order valence-electron chi connectivity index (χ4n) is 5.02. The molecule has 0 amide bonds.